The Labute approximate surface area is 160 Å². The fourth-order valence-electron chi connectivity index (χ4n) is 2.60. The van der Waals surface area contributed by atoms with E-state index in [-0.39, 0.29) is 4.90 Å². The average molecular weight is 395 g/mol. The van der Waals surface area contributed by atoms with Gasteiger partial charge in [0.15, 0.2) is 23.0 Å². The molecular weight excluding hydrogens is 370 g/mol. The van der Waals surface area contributed by atoms with E-state index in [1.807, 2.05) is 12.1 Å². The highest BCUT2D eigenvalue weighted by atomic mass is 32.2. The average Bonchev–Trinajstić information content (AvgIpc) is 2.70. The van der Waals surface area contributed by atoms with Crippen molar-refractivity contribution in [1.29, 1.82) is 0 Å². The van der Waals surface area contributed by atoms with Crippen LogP contribution in [0.15, 0.2) is 41.3 Å². The summed E-state index contributed by atoms with van der Waals surface area (Å²) in [5.41, 5.74) is 0.946. The Morgan fingerprint density at radius 2 is 1.30 bits per heavy atom. The van der Waals surface area contributed by atoms with Crippen molar-refractivity contribution >= 4 is 10.0 Å². The Bertz CT molecular complexity index is 882. The first-order valence-corrected chi connectivity index (χ1v) is 9.70. The third-order valence-electron chi connectivity index (χ3n) is 4.23. The number of likely N-dealkylation sites (N-methyl/N-ethyl adjacent to an activating group) is 1. The van der Waals surface area contributed by atoms with E-state index in [1.165, 1.54) is 30.7 Å². The van der Waals surface area contributed by atoms with Gasteiger partial charge < -0.3 is 18.9 Å². The normalized spacial score (nSPS) is 11.3. The molecule has 0 saturated heterocycles. The van der Waals surface area contributed by atoms with Crippen LogP contribution in [0.5, 0.6) is 23.0 Å². The van der Waals surface area contributed by atoms with E-state index in [0.717, 1.165) is 5.56 Å². The molecule has 0 aliphatic rings. The van der Waals surface area contributed by atoms with Crippen LogP contribution in [0.4, 0.5) is 0 Å². The predicted molar refractivity (Wildman–Crippen MR) is 103 cm³/mol. The van der Waals surface area contributed by atoms with Crippen LogP contribution in [-0.2, 0) is 16.4 Å². The van der Waals surface area contributed by atoms with Crippen molar-refractivity contribution in [2.75, 3.05) is 42.0 Å². The van der Waals surface area contributed by atoms with Gasteiger partial charge in [0.2, 0.25) is 10.0 Å². The van der Waals surface area contributed by atoms with Gasteiger partial charge in [-0.05, 0) is 36.2 Å². The molecule has 0 unspecified atom stereocenters. The minimum absolute atomic E-state index is 0.148. The van der Waals surface area contributed by atoms with Crippen LogP contribution in [0.1, 0.15) is 5.56 Å². The molecule has 0 fully saturated rings. The summed E-state index contributed by atoms with van der Waals surface area (Å²) in [4.78, 5) is 0.148. The third-order valence-corrected chi connectivity index (χ3v) is 6.08. The first-order valence-electron chi connectivity index (χ1n) is 8.26. The molecule has 27 heavy (non-hydrogen) atoms. The number of sulfonamides is 1. The molecule has 0 spiro atoms. The summed E-state index contributed by atoms with van der Waals surface area (Å²) in [5.74, 6) is 2.09. The summed E-state index contributed by atoms with van der Waals surface area (Å²) in [7, 11) is 4.00. The zero-order chi connectivity index (χ0) is 20.0. The molecule has 0 N–H and O–H groups in total. The molecule has 0 aromatic heterocycles. The Kier molecular flexibility index (Phi) is 6.92. The maximum atomic E-state index is 12.8. The second-order valence-electron chi connectivity index (χ2n) is 5.78. The van der Waals surface area contributed by atoms with Crippen molar-refractivity contribution < 1.29 is 27.4 Å². The summed E-state index contributed by atoms with van der Waals surface area (Å²) < 4.78 is 47.8. The van der Waals surface area contributed by atoms with Crippen LogP contribution in [-0.4, -0.2) is 54.8 Å². The Balaban J connectivity index is 2.16. The fraction of sp³-hybridized carbons (Fsp3) is 0.368. The molecule has 2 rings (SSSR count). The molecule has 2 aromatic rings. The molecule has 8 heteroatoms. The van der Waals surface area contributed by atoms with E-state index < -0.39 is 10.0 Å². The maximum absolute atomic E-state index is 12.8. The molecule has 148 valence electrons. The quantitative estimate of drug-likeness (QED) is 0.650. The molecule has 2 aromatic carbocycles. The summed E-state index contributed by atoms with van der Waals surface area (Å²) in [5, 5.41) is 0. The van der Waals surface area contributed by atoms with Crippen molar-refractivity contribution in [2.24, 2.45) is 0 Å². The molecule has 0 bridgehead atoms. The molecule has 0 heterocycles. The van der Waals surface area contributed by atoms with E-state index >= 15 is 0 Å². The molecule has 0 aliphatic carbocycles. The van der Waals surface area contributed by atoms with E-state index in [0.29, 0.717) is 36.0 Å². The monoisotopic (exact) mass is 395 g/mol. The highest BCUT2D eigenvalue weighted by molar-refractivity contribution is 7.89. The molecule has 0 amide bonds. The highest BCUT2D eigenvalue weighted by Gasteiger charge is 2.22. The number of hydrogen-bond acceptors (Lipinski definition) is 6. The zero-order valence-electron chi connectivity index (χ0n) is 16.2. The van der Waals surface area contributed by atoms with Gasteiger partial charge in [0.1, 0.15) is 0 Å². The maximum Gasteiger partial charge on any atom is 0.242 e. The fourth-order valence-corrected chi connectivity index (χ4v) is 3.79. The van der Waals surface area contributed by atoms with Crippen molar-refractivity contribution in [3.63, 3.8) is 0 Å². The van der Waals surface area contributed by atoms with E-state index in [1.54, 1.807) is 33.4 Å². The smallest absolute Gasteiger partial charge is 0.242 e. The van der Waals surface area contributed by atoms with Crippen LogP contribution in [0.25, 0.3) is 0 Å². The lowest BCUT2D eigenvalue weighted by molar-refractivity contribution is 0.353. The van der Waals surface area contributed by atoms with Gasteiger partial charge in [0, 0.05) is 19.7 Å². The number of hydrogen-bond donors (Lipinski definition) is 0. The summed E-state index contributed by atoms with van der Waals surface area (Å²) >= 11 is 0. The van der Waals surface area contributed by atoms with Crippen molar-refractivity contribution in [1.82, 2.24) is 4.31 Å². The predicted octanol–water partition coefficient (Wildman–Crippen LogP) is 2.58. The minimum atomic E-state index is -3.65. The van der Waals surface area contributed by atoms with Crippen LogP contribution in [0.3, 0.4) is 0 Å². The van der Waals surface area contributed by atoms with Crippen LogP contribution >= 0.6 is 0 Å². The van der Waals surface area contributed by atoms with Gasteiger partial charge in [0.25, 0.3) is 0 Å². The Hall–Kier alpha value is -2.45. The van der Waals surface area contributed by atoms with Crippen molar-refractivity contribution in [3.8, 4) is 23.0 Å². The van der Waals surface area contributed by atoms with Crippen molar-refractivity contribution in [2.45, 2.75) is 11.3 Å². The second-order valence-corrected chi connectivity index (χ2v) is 7.83. The lowest BCUT2D eigenvalue weighted by atomic mass is 10.1. The zero-order valence-corrected chi connectivity index (χ0v) is 17.0. The third kappa shape index (κ3) is 4.64. The summed E-state index contributed by atoms with van der Waals surface area (Å²) in [6.45, 7) is 0.312. The van der Waals surface area contributed by atoms with Gasteiger partial charge in [-0.25, -0.2) is 12.7 Å². The van der Waals surface area contributed by atoms with Gasteiger partial charge in [-0.3, -0.25) is 0 Å². The van der Waals surface area contributed by atoms with Crippen molar-refractivity contribution in [3.05, 3.63) is 42.0 Å². The van der Waals surface area contributed by atoms with E-state index in [9.17, 15) is 8.42 Å². The lowest BCUT2D eigenvalue weighted by Crippen LogP contribution is -2.29. The van der Waals surface area contributed by atoms with Crippen LogP contribution < -0.4 is 18.9 Å². The van der Waals surface area contributed by atoms with Gasteiger partial charge >= 0.3 is 0 Å². The van der Waals surface area contributed by atoms with Gasteiger partial charge in [-0.1, -0.05) is 6.07 Å². The molecule has 0 aliphatic heterocycles. The largest absolute Gasteiger partial charge is 0.493 e. The first kappa shape index (κ1) is 20.9. The SMILES string of the molecule is COc1ccc(CCN(C)S(=O)(=O)c2ccc(OC)c(OC)c2)cc1OC. The minimum Gasteiger partial charge on any atom is -0.493 e. The second kappa shape index (κ2) is 8.96. The lowest BCUT2D eigenvalue weighted by Gasteiger charge is -2.18. The number of ether oxygens (including phenoxy) is 4. The molecule has 0 radical (unpaired) electrons. The standard InChI is InChI=1S/C19H25NO6S/c1-20(11-10-14-6-8-16(23-2)18(12-14)25-4)27(21,22)15-7-9-17(24-3)19(13-15)26-5/h6-9,12-13H,10-11H2,1-5H3. The van der Waals surface area contributed by atoms with Crippen LogP contribution in [0.2, 0.25) is 0 Å². The number of nitrogens with zero attached hydrogens (tertiary/aromatic N) is 1. The summed E-state index contributed by atoms with van der Waals surface area (Å²) in [6.07, 6.45) is 0.531. The number of benzene rings is 2. The number of methoxy groups -OCH3 is 4. The topological polar surface area (TPSA) is 74.3 Å². The molecule has 0 saturated carbocycles. The highest BCUT2D eigenvalue weighted by Crippen LogP contribution is 2.31. The Morgan fingerprint density at radius 1 is 0.778 bits per heavy atom. The van der Waals surface area contributed by atoms with Gasteiger partial charge in [-0.2, -0.15) is 0 Å². The van der Waals surface area contributed by atoms with E-state index in [2.05, 4.69) is 0 Å². The van der Waals surface area contributed by atoms with Crippen LogP contribution in [0, 0.1) is 0 Å². The summed E-state index contributed by atoms with van der Waals surface area (Å²) in [6, 6.07) is 10.1. The first-order chi connectivity index (χ1) is 12.9. The van der Waals surface area contributed by atoms with E-state index in [4.69, 9.17) is 18.9 Å². The molecular formula is C19H25NO6S. The number of rotatable bonds is 9. The Morgan fingerprint density at radius 3 is 1.85 bits per heavy atom. The van der Waals surface area contributed by atoms with Gasteiger partial charge in [-0.15, -0.1) is 0 Å². The molecule has 7 nitrogen and oxygen atoms in total. The molecule has 0 atom stereocenters. The van der Waals surface area contributed by atoms with Gasteiger partial charge in [0.05, 0.1) is 33.3 Å².